The van der Waals surface area contributed by atoms with Gasteiger partial charge in [-0.05, 0) is 30.3 Å². The number of carbonyl (C=O) groups excluding carboxylic acids is 2. The largest absolute Gasteiger partial charge is 0.478 e. The Kier molecular flexibility index (Phi) is 4.91. The lowest BCUT2D eigenvalue weighted by Crippen LogP contribution is -2.15. The molecule has 31 heavy (non-hydrogen) atoms. The number of aromatic carboxylic acids is 1. The van der Waals surface area contributed by atoms with Crippen molar-refractivity contribution in [1.82, 2.24) is 10.1 Å². The van der Waals surface area contributed by atoms with Crippen molar-refractivity contribution in [3.05, 3.63) is 77.3 Å². The van der Waals surface area contributed by atoms with E-state index in [9.17, 15) is 19.5 Å². The summed E-state index contributed by atoms with van der Waals surface area (Å²) in [4.78, 5) is 39.4. The van der Waals surface area contributed by atoms with Crippen molar-refractivity contribution in [2.24, 2.45) is 0 Å². The number of benzene rings is 2. The zero-order valence-electron chi connectivity index (χ0n) is 15.7. The van der Waals surface area contributed by atoms with Crippen molar-refractivity contribution < 1.29 is 24.0 Å². The van der Waals surface area contributed by atoms with Crippen LogP contribution < -0.4 is 10.6 Å². The molecule has 0 saturated heterocycles. The molecule has 4 N–H and O–H groups in total. The van der Waals surface area contributed by atoms with Gasteiger partial charge in [0.05, 0.1) is 40.3 Å². The minimum Gasteiger partial charge on any atom is -0.478 e. The molecule has 152 valence electrons. The molecule has 0 fully saturated rings. The van der Waals surface area contributed by atoms with Crippen LogP contribution in [0.5, 0.6) is 0 Å². The van der Waals surface area contributed by atoms with Crippen molar-refractivity contribution in [2.75, 3.05) is 10.6 Å². The number of hydrogen-bond donors (Lipinski definition) is 4. The molecule has 4 rings (SSSR count). The number of hydrogen-bond acceptors (Lipinski definition) is 6. The van der Waals surface area contributed by atoms with E-state index >= 15 is 0 Å². The quantitative estimate of drug-likeness (QED) is 0.389. The molecule has 2 aromatic carbocycles. The highest BCUT2D eigenvalue weighted by molar-refractivity contribution is 6.11. The van der Waals surface area contributed by atoms with Crippen molar-refractivity contribution in [3.8, 4) is 6.07 Å². The summed E-state index contributed by atoms with van der Waals surface area (Å²) >= 11 is 0. The van der Waals surface area contributed by atoms with E-state index in [2.05, 4.69) is 20.8 Å². The van der Waals surface area contributed by atoms with Crippen molar-refractivity contribution in [1.29, 1.82) is 5.26 Å². The molecule has 2 amide bonds. The summed E-state index contributed by atoms with van der Waals surface area (Å²) in [5.74, 6) is -2.34. The van der Waals surface area contributed by atoms with Gasteiger partial charge in [0.25, 0.3) is 11.8 Å². The number of H-pyrrole nitrogens is 1. The van der Waals surface area contributed by atoms with Crippen LogP contribution in [-0.2, 0) is 0 Å². The summed E-state index contributed by atoms with van der Waals surface area (Å²) in [5, 5.41) is 27.7. The predicted octanol–water partition coefficient (Wildman–Crippen LogP) is 3.23. The average molecular weight is 415 g/mol. The summed E-state index contributed by atoms with van der Waals surface area (Å²) in [6.45, 7) is 0. The Morgan fingerprint density at radius 3 is 2.55 bits per heavy atom. The second kappa shape index (κ2) is 7.84. The van der Waals surface area contributed by atoms with Gasteiger partial charge in [0.2, 0.25) is 5.76 Å². The number of fused-ring (bicyclic) bond motifs is 1. The molecule has 0 atom stereocenters. The predicted molar refractivity (Wildman–Crippen MR) is 109 cm³/mol. The number of aromatic amines is 1. The number of amides is 2. The monoisotopic (exact) mass is 415 g/mol. The first-order valence-electron chi connectivity index (χ1n) is 8.89. The van der Waals surface area contributed by atoms with E-state index in [0.717, 1.165) is 0 Å². The third-order valence-electron chi connectivity index (χ3n) is 4.44. The topological polar surface area (TPSA) is 161 Å². The summed E-state index contributed by atoms with van der Waals surface area (Å²) in [6, 6.07) is 13.9. The highest BCUT2D eigenvalue weighted by atomic mass is 16.5. The molecule has 10 nitrogen and oxygen atoms in total. The fourth-order valence-corrected chi connectivity index (χ4v) is 2.99. The lowest BCUT2D eigenvalue weighted by atomic mass is 10.1. The van der Waals surface area contributed by atoms with Crippen LogP contribution in [0.4, 0.5) is 11.4 Å². The zero-order valence-corrected chi connectivity index (χ0v) is 15.7. The van der Waals surface area contributed by atoms with Gasteiger partial charge in [-0.2, -0.15) is 5.26 Å². The van der Waals surface area contributed by atoms with Gasteiger partial charge in [-0.25, -0.2) is 4.79 Å². The average Bonchev–Trinajstić information content (AvgIpc) is 3.44. The van der Waals surface area contributed by atoms with Crippen LogP contribution in [0.25, 0.3) is 10.9 Å². The number of anilines is 2. The molecule has 0 spiro atoms. The highest BCUT2D eigenvalue weighted by Gasteiger charge is 2.18. The first kappa shape index (κ1) is 19.4. The number of nitriles is 1. The summed E-state index contributed by atoms with van der Waals surface area (Å²) in [5.41, 5.74) is 1.07. The fourth-order valence-electron chi connectivity index (χ4n) is 2.99. The van der Waals surface area contributed by atoms with E-state index in [4.69, 9.17) is 9.78 Å². The lowest BCUT2D eigenvalue weighted by molar-refractivity contribution is 0.0697. The standard InChI is InChI=1S/C21H13N5O5/c22-10-11-4-5-14(13(8-11)21(29)30)25-19(27)16-9-12-2-1-3-15(18(12)24-16)26-20(28)17-6-7-23-31-17/h1-9,24H,(H,25,27)(H,26,28)(H,29,30). The normalized spacial score (nSPS) is 10.4. The van der Waals surface area contributed by atoms with Crippen molar-refractivity contribution >= 4 is 40.1 Å². The molecule has 0 unspecified atom stereocenters. The van der Waals surface area contributed by atoms with E-state index in [0.29, 0.717) is 16.6 Å². The third kappa shape index (κ3) is 3.83. The number of para-hydroxylation sites is 1. The van der Waals surface area contributed by atoms with Gasteiger partial charge in [0.15, 0.2) is 0 Å². The van der Waals surface area contributed by atoms with Crippen LogP contribution in [-0.4, -0.2) is 33.0 Å². The number of carbonyl (C=O) groups is 3. The van der Waals surface area contributed by atoms with Gasteiger partial charge in [-0.15, -0.1) is 0 Å². The van der Waals surface area contributed by atoms with Crippen LogP contribution in [0.1, 0.15) is 37.0 Å². The molecule has 0 saturated carbocycles. The van der Waals surface area contributed by atoms with Gasteiger partial charge in [0, 0.05) is 11.5 Å². The smallest absolute Gasteiger partial charge is 0.337 e. The maximum atomic E-state index is 12.7. The Bertz CT molecular complexity index is 1360. The number of aromatic nitrogens is 2. The number of carboxylic acid groups (broad SMARTS) is 1. The zero-order chi connectivity index (χ0) is 22.0. The van der Waals surface area contributed by atoms with E-state index in [1.807, 2.05) is 6.07 Å². The van der Waals surface area contributed by atoms with Gasteiger partial charge in [0.1, 0.15) is 5.69 Å². The molecule has 0 aliphatic carbocycles. The van der Waals surface area contributed by atoms with Crippen LogP contribution >= 0.6 is 0 Å². The van der Waals surface area contributed by atoms with Crippen LogP contribution in [0, 0.1) is 11.3 Å². The number of carboxylic acids is 1. The Morgan fingerprint density at radius 2 is 1.84 bits per heavy atom. The van der Waals surface area contributed by atoms with E-state index in [1.165, 1.54) is 30.5 Å². The maximum Gasteiger partial charge on any atom is 0.337 e. The Labute approximate surface area is 174 Å². The Balaban J connectivity index is 1.62. The van der Waals surface area contributed by atoms with E-state index in [-0.39, 0.29) is 28.3 Å². The minimum atomic E-state index is -1.28. The molecule has 0 bridgehead atoms. The second-order valence-electron chi connectivity index (χ2n) is 6.42. The first-order valence-corrected chi connectivity index (χ1v) is 8.89. The third-order valence-corrected chi connectivity index (χ3v) is 4.44. The van der Waals surface area contributed by atoms with E-state index in [1.54, 1.807) is 24.3 Å². The summed E-state index contributed by atoms with van der Waals surface area (Å²) in [6.07, 6.45) is 1.35. The molecule has 2 aromatic heterocycles. The molecule has 2 heterocycles. The van der Waals surface area contributed by atoms with Gasteiger partial charge in [-0.1, -0.05) is 17.3 Å². The van der Waals surface area contributed by atoms with Gasteiger partial charge < -0.3 is 25.2 Å². The number of rotatable bonds is 5. The first-order chi connectivity index (χ1) is 15.0. The molecule has 0 aliphatic heterocycles. The molecular weight excluding hydrogens is 402 g/mol. The molecule has 10 heteroatoms. The maximum absolute atomic E-state index is 12.7. The molecular formula is C21H13N5O5. The fraction of sp³-hybridized carbons (Fsp3) is 0. The van der Waals surface area contributed by atoms with Crippen LogP contribution in [0.2, 0.25) is 0 Å². The van der Waals surface area contributed by atoms with E-state index < -0.39 is 17.8 Å². The van der Waals surface area contributed by atoms with Crippen LogP contribution in [0.15, 0.2) is 59.3 Å². The molecule has 0 radical (unpaired) electrons. The SMILES string of the molecule is N#Cc1ccc(NC(=O)c2cc3cccc(NC(=O)c4ccno4)c3[nH]2)c(C(=O)O)c1. The van der Waals surface area contributed by atoms with Crippen molar-refractivity contribution in [2.45, 2.75) is 0 Å². The highest BCUT2D eigenvalue weighted by Crippen LogP contribution is 2.25. The van der Waals surface area contributed by atoms with Crippen molar-refractivity contribution in [3.63, 3.8) is 0 Å². The minimum absolute atomic E-state index is 0.0311. The summed E-state index contributed by atoms with van der Waals surface area (Å²) in [7, 11) is 0. The Hall–Kier alpha value is -4.91. The van der Waals surface area contributed by atoms with Gasteiger partial charge in [-0.3, -0.25) is 9.59 Å². The Morgan fingerprint density at radius 1 is 1.03 bits per heavy atom. The number of nitrogens with one attached hydrogen (secondary N) is 3. The number of nitrogens with zero attached hydrogens (tertiary/aromatic N) is 2. The molecule has 0 aliphatic rings. The van der Waals surface area contributed by atoms with Gasteiger partial charge >= 0.3 is 5.97 Å². The summed E-state index contributed by atoms with van der Waals surface area (Å²) < 4.78 is 4.83. The second-order valence-corrected chi connectivity index (χ2v) is 6.42. The van der Waals surface area contributed by atoms with Crippen LogP contribution in [0.3, 0.4) is 0 Å². The molecule has 4 aromatic rings. The lowest BCUT2D eigenvalue weighted by Gasteiger charge is -2.08.